The molecule has 1 aromatic rings. The number of carbonyl (C=O) groups is 1. The van der Waals surface area contributed by atoms with Gasteiger partial charge in [-0.05, 0) is 26.7 Å². The van der Waals surface area contributed by atoms with E-state index in [-0.39, 0.29) is 36.5 Å². The highest BCUT2D eigenvalue weighted by atomic mass is 127. The fourth-order valence-corrected chi connectivity index (χ4v) is 2.42. The highest BCUT2D eigenvalue weighted by molar-refractivity contribution is 14.0. The Kier molecular flexibility index (Phi) is 13.1. The maximum Gasteiger partial charge on any atom is 0.305 e. The largest absolute Gasteiger partial charge is 0.469 e. The molecule has 0 saturated heterocycles. The lowest BCUT2D eigenvalue weighted by Crippen LogP contribution is -2.39. The summed E-state index contributed by atoms with van der Waals surface area (Å²) in [5.74, 6) is 0.539. The van der Waals surface area contributed by atoms with Gasteiger partial charge < -0.3 is 20.5 Å². The third-order valence-corrected chi connectivity index (χ3v) is 4.04. The van der Waals surface area contributed by atoms with Crippen LogP contribution in [0.5, 0.6) is 0 Å². The predicted molar refractivity (Wildman–Crippen MR) is 117 cm³/mol. The zero-order valence-corrected chi connectivity index (χ0v) is 19.2. The summed E-state index contributed by atoms with van der Waals surface area (Å²) >= 11 is 0. The highest BCUT2D eigenvalue weighted by Crippen LogP contribution is 2.19. The number of aliphatic hydroxyl groups is 1. The molecule has 0 spiro atoms. The SMILES string of the molecule is CCNC(=NCC(C)(O)c1cnn(C)c1)NCCCCCCC(=O)OC.I. The average Bonchev–Trinajstić information content (AvgIpc) is 3.05. The molecule has 1 heterocycles. The fourth-order valence-electron chi connectivity index (χ4n) is 2.42. The van der Waals surface area contributed by atoms with Crippen molar-refractivity contribution in [1.29, 1.82) is 0 Å². The van der Waals surface area contributed by atoms with E-state index < -0.39 is 5.60 Å². The van der Waals surface area contributed by atoms with Gasteiger partial charge in [0.05, 0.1) is 19.9 Å². The Bertz CT molecular complexity index is 575. The van der Waals surface area contributed by atoms with Gasteiger partial charge in [0.15, 0.2) is 5.96 Å². The summed E-state index contributed by atoms with van der Waals surface area (Å²) in [7, 11) is 3.24. The lowest BCUT2D eigenvalue weighted by atomic mass is 10.0. The third kappa shape index (κ3) is 10.5. The van der Waals surface area contributed by atoms with Gasteiger partial charge >= 0.3 is 5.97 Å². The van der Waals surface area contributed by atoms with E-state index in [0.717, 1.165) is 44.3 Å². The number of aliphatic imine (C=N–C) groups is 1. The lowest BCUT2D eigenvalue weighted by Gasteiger charge is -2.20. The minimum absolute atomic E-state index is 0. The Labute approximate surface area is 179 Å². The van der Waals surface area contributed by atoms with Gasteiger partial charge in [-0.15, -0.1) is 24.0 Å². The van der Waals surface area contributed by atoms with Gasteiger partial charge in [-0.25, -0.2) is 4.99 Å². The number of methoxy groups -OCH3 is 1. The standard InChI is InChI=1S/C18H33N5O3.HI/c1-5-19-17(20-11-9-7-6-8-10-16(24)26-4)21-14-18(2,25)15-12-22-23(3)13-15;/h12-13,25H,5-11,14H2,1-4H3,(H2,19,20,21);1H. The van der Waals surface area contributed by atoms with Crippen LogP contribution in [0.1, 0.15) is 51.5 Å². The molecule has 1 aromatic heterocycles. The molecule has 0 amide bonds. The molecule has 1 unspecified atom stereocenters. The predicted octanol–water partition coefficient (Wildman–Crippen LogP) is 1.92. The Morgan fingerprint density at radius 1 is 1.33 bits per heavy atom. The zero-order valence-electron chi connectivity index (χ0n) is 16.8. The summed E-state index contributed by atoms with van der Waals surface area (Å²) in [5.41, 5.74) is -0.324. The molecule has 156 valence electrons. The fraction of sp³-hybridized carbons (Fsp3) is 0.722. The first kappa shape index (κ1) is 25.6. The number of unbranched alkanes of at least 4 members (excludes halogenated alkanes) is 3. The van der Waals surface area contributed by atoms with Crippen molar-refractivity contribution in [2.45, 2.75) is 51.6 Å². The number of nitrogens with zero attached hydrogens (tertiary/aromatic N) is 3. The third-order valence-electron chi connectivity index (χ3n) is 4.04. The number of hydrogen-bond acceptors (Lipinski definition) is 5. The summed E-state index contributed by atoms with van der Waals surface area (Å²) in [5, 5.41) is 21.2. The van der Waals surface area contributed by atoms with Gasteiger partial charge in [-0.2, -0.15) is 5.10 Å². The zero-order chi connectivity index (χ0) is 19.4. The molecular weight excluding hydrogens is 461 g/mol. The number of esters is 1. The molecule has 27 heavy (non-hydrogen) atoms. The smallest absolute Gasteiger partial charge is 0.305 e. The molecule has 0 bridgehead atoms. The molecule has 0 aliphatic heterocycles. The second kappa shape index (κ2) is 13.8. The van der Waals surface area contributed by atoms with Crippen LogP contribution in [0.3, 0.4) is 0 Å². The number of hydrogen-bond donors (Lipinski definition) is 3. The van der Waals surface area contributed by atoms with Crippen LogP contribution in [-0.2, 0) is 22.2 Å². The van der Waals surface area contributed by atoms with E-state index in [1.807, 2.05) is 14.0 Å². The number of halogens is 1. The normalized spacial score (nSPS) is 13.4. The van der Waals surface area contributed by atoms with Crippen LogP contribution in [0.15, 0.2) is 17.4 Å². The van der Waals surface area contributed by atoms with E-state index in [0.29, 0.717) is 12.4 Å². The van der Waals surface area contributed by atoms with Crippen molar-refractivity contribution in [3.05, 3.63) is 18.0 Å². The van der Waals surface area contributed by atoms with Crippen molar-refractivity contribution in [3.8, 4) is 0 Å². The highest BCUT2D eigenvalue weighted by Gasteiger charge is 2.24. The number of aromatic nitrogens is 2. The van der Waals surface area contributed by atoms with Gasteiger partial charge in [0, 0.05) is 38.3 Å². The van der Waals surface area contributed by atoms with Crippen LogP contribution in [-0.4, -0.2) is 53.6 Å². The van der Waals surface area contributed by atoms with Crippen molar-refractivity contribution in [3.63, 3.8) is 0 Å². The Balaban J connectivity index is 0.00000676. The molecule has 0 saturated carbocycles. The van der Waals surface area contributed by atoms with Crippen LogP contribution >= 0.6 is 24.0 Å². The van der Waals surface area contributed by atoms with Crippen LogP contribution in [0.2, 0.25) is 0 Å². The molecule has 0 aliphatic carbocycles. The molecular formula is C18H34IN5O3. The number of nitrogens with one attached hydrogen (secondary N) is 2. The topological polar surface area (TPSA) is 101 Å². The minimum Gasteiger partial charge on any atom is -0.469 e. The van der Waals surface area contributed by atoms with Crippen LogP contribution in [0.4, 0.5) is 0 Å². The average molecular weight is 495 g/mol. The van der Waals surface area contributed by atoms with E-state index in [9.17, 15) is 9.90 Å². The van der Waals surface area contributed by atoms with Gasteiger partial charge in [-0.3, -0.25) is 9.48 Å². The van der Waals surface area contributed by atoms with Gasteiger partial charge in [0.2, 0.25) is 0 Å². The number of guanidine groups is 1. The quantitative estimate of drug-likeness (QED) is 0.143. The second-order valence-corrected chi connectivity index (χ2v) is 6.54. The van der Waals surface area contributed by atoms with E-state index >= 15 is 0 Å². The molecule has 1 rings (SSSR count). The Hall–Kier alpha value is -1.36. The van der Waals surface area contributed by atoms with Crippen LogP contribution in [0.25, 0.3) is 0 Å². The van der Waals surface area contributed by atoms with E-state index in [2.05, 4.69) is 25.5 Å². The summed E-state index contributed by atoms with van der Waals surface area (Å²) in [6, 6.07) is 0. The molecule has 0 aliphatic rings. The van der Waals surface area contributed by atoms with Crippen LogP contribution < -0.4 is 10.6 Å². The maximum absolute atomic E-state index is 11.0. The summed E-state index contributed by atoms with van der Waals surface area (Å²) in [4.78, 5) is 15.5. The van der Waals surface area contributed by atoms with E-state index in [1.54, 1.807) is 24.0 Å². The number of ether oxygens (including phenoxy) is 1. The van der Waals surface area contributed by atoms with Gasteiger partial charge in [-0.1, -0.05) is 12.8 Å². The Morgan fingerprint density at radius 3 is 2.63 bits per heavy atom. The summed E-state index contributed by atoms with van der Waals surface area (Å²) in [6.07, 6.45) is 7.82. The first-order valence-corrected chi connectivity index (χ1v) is 9.19. The van der Waals surface area contributed by atoms with Crippen molar-refractivity contribution < 1.29 is 14.6 Å². The van der Waals surface area contributed by atoms with Crippen molar-refractivity contribution in [1.82, 2.24) is 20.4 Å². The molecule has 0 aromatic carbocycles. The molecule has 0 fully saturated rings. The number of rotatable bonds is 11. The van der Waals surface area contributed by atoms with E-state index in [1.165, 1.54) is 7.11 Å². The molecule has 3 N–H and O–H groups in total. The van der Waals surface area contributed by atoms with Crippen molar-refractivity contribution >= 4 is 35.9 Å². The number of aryl methyl sites for hydroxylation is 1. The first-order valence-electron chi connectivity index (χ1n) is 9.19. The maximum atomic E-state index is 11.0. The monoisotopic (exact) mass is 495 g/mol. The summed E-state index contributed by atoms with van der Waals surface area (Å²) < 4.78 is 6.29. The summed E-state index contributed by atoms with van der Waals surface area (Å²) in [6.45, 7) is 5.52. The van der Waals surface area contributed by atoms with E-state index in [4.69, 9.17) is 0 Å². The molecule has 8 nitrogen and oxygen atoms in total. The van der Waals surface area contributed by atoms with Crippen molar-refractivity contribution in [2.24, 2.45) is 12.0 Å². The number of carbonyl (C=O) groups excluding carboxylic acids is 1. The Morgan fingerprint density at radius 2 is 2.04 bits per heavy atom. The second-order valence-electron chi connectivity index (χ2n) is 6.54. The van der Waals surface area contributed by atoms with Gasteiger partial charge in [0.25, 0.3) is 0 Å². The van der Waals surface area contributed by atoms with Crippen molar-refractivity contribution in [2.75, 3.05) is 26.7 Å². The minimum atomic E-state index is -1.06. The van der Waals surface area contributed by atoms with Crippen LogP contribution in [0, 0.1) is 0 Å². The first-order chi connectivity index (χ1) is 12.4. The molecule has 0 radical (unpaired) electrons. The van der Waals surface area contributed by atoms with Gasteiger partial charge in [0.1, 0.15) is 5.60 Å². The lowest BCUT2D eigenvalue weighted by molar-refractivity contribution is -0.140. The molecule has 1 atom stereocenters. The molecule has 9 heteroatoms.